The van der Waals surface area contributed by atoms with Gasteiger partial charge in [0.1, 0.15) is 5.36 Å². The van der Waals surface area contributed by atoms with Gasteiger partial charge in [0.15, 0.2) is 12.7 Å². The number of hydrogen-bond acceptors (Lipinski definition) is 5. The maximum absolute atomic E-state index is 11.9. The second kappa shape index (κ2) is 6.31. The van der Waals surface area contributed by atoms with E-state index in [0.29, 0.717) is 10.9 Å². The molecule has 3 rings (SSSR count). The summed E-state index contributed by atoms with van der Waals surface area (Å²) in [6.45, 7) is -0.445. The number of rotatable bonds is 4. The summed E-state index contributed by atoms with van der Waals surface area (Å²) in [5, 5.41) is 5.46. The molecule has 1 amide bonds. The first kappa shape index (κ1) is 14.8. The summed E-state index contributed by atoms with van der Waals surface area (Å²) >= 11 is 0. The smallest absolute Gasteiger partial charge is 0.338 e. The van der Waals surface area contributed by atoms with E-state index < -0.39 is 18.5 Å². The van der Waals surface area contributed by atoms with Crippen molar-refractivity contribution in [1.29, 1.82) is 0 Å². The van der Waals surface area contributed by atoms with Crippen molar-refractivity contribution < 1.29 is 19.2 Å². The quantitative estimate of drug-likeness (QED) is 0.828. The van der Waals surface area contributed by atoms with Gasteiger partial charge >= 0.3 is 5.97 Å². The molecular formula is C17H14N2O4. The minimum atomic E-state index is -0.699. The third-order valence-corrected chi connectivity index (χ3v) is 3.33. The third kappa shape index (κ3) is 3.37. The van der Waals surface area contributed by atoms with Gasteiger partial charge in [0.2, 0.25) is 0 Å². The topological polar surface area (TPSA) is 91.0 Å². The van der Waals surface area contributed by atoms with E-state index in [1.807, 2.05) is 36.4 Å². The highest BCUT2D eigenvalue weighted by Gasteiger charge is 2.14. The zero-order valence-corrected chi connectivity index (χ0v) is 12.1. The maximum atomic E-state index is 11.9. The molecule has 23 heavy (non-hydrogen) atoms. The van der Waals surface area contributed by atoms with Crippen LogP contribution in [-0.4, -0.2) is 18.5 Å². The lowest BCUT2D eigenvalue weighted by molar-refractivity contribution is -0.121. The number of hydrogen-bond donors (Lipinski definition) is 1. The molecule has 0 aliphatic carbocycles. The minimum absolute atomic E-state index is 0.319. The van der Waals surface area contributed by atoms with Gasteiger partial charge in [-0.25, -0.2) is 4.79 Å². The monoisotopic (exact) mass is 310 g/mol. The molecule has 6 nitrogen and oxygen atoms in total. The second-order valence-electron chi connectivity index (χ2n) is 5.01. The summed E-state index contributed by atoms with van der Waals surface area (Å²) in [5.41, 5.74) is 6.24. The third-order valence-electron chi connectivity index (χ3n) is 3.33. The second-order valence-corrected chi connectivity index (χ2v) is 5.01. The van der Waals surface area contributed by atoms with E-state index in [1.54, 1.807) is 18.2 Å². The van der Waals surface area contributed by atoms with Crippen molar-refractivity contribution in [2.75, 3.05) is 6.61 Å². The standard InChI is InChI=1S/C17H14N2O4/c18-16(20)10-22-17(21)12-6-7-14-13(8-12)9-15(23-19-14)11-4-2-1-3-5-11/h1-9,15H,10H2,(H2,18,20). The molecule has 0 spiro atoms. The lowest BCUT2D eigenvalue weighted by Gasteiger charge is -2.14. The molecule has 2 aromatic rings. The Hall–Kier alpha value is -3.15. The fraction of sp³-hybridized carbons (Fsp3) is 0.118. The lowest BCUT2D eigenvalue weighted by Crippen LogP contribution is -2.31. The predicted molar refractivity (Wildman–Crippen MR) is 81.4 cm³/mol. The largest absolute Gasteiger partial charge is 0.452 e. The van der Waals surface area contributed by atoms with Gasteiger partial charge in [0.25, 0.3) is 5.91 Å². The molecule has 0 saturated carbocycles. The van der Waals surface area contributed by atoms with Crippen molar-refractivity contribution >= 4 is 18.0 Å². The highest BCUT2D eigenvalue weighted by atomic mass is 16.6. The van der Waals surface area contributed by atoms with Gasteiger partial charge in [0.05, 0.1) is 5.56 Å². The molecule has 1 heterocycles. The minimum Gasteiger partial charge on any atom is -0.452 e. The van der Waals surface area contributed by atoms with Crippen LogP contribution in [-0.2, 0) is 14.4 Å². The van der Waals surface area contributed by atoms with Crippen molar-refractivity contribution in [2.24, 2.45) is 10.9 Å². The zero-order valence-electron chi connectivity index (χ0n) is 12.1. The van der Waals surface area contributed by atoms with Crippen LogP contribution in [0.25, 0.3) is 6.08 Å². The van der Waals surface area contributed by atoms with E-state index in [0.717, 1.165) is 10.8 Å². The van der Waals surface area contributed by atoms with Gasteiger partial charge < -0.3 is 15.3 Å². The van der Waals surface area contributed by atoms with E-state index in [9.17, 15) is 9.59 Å². The van der Waals surface area contributed by atoms with Crippen molar-refractivity contribution in [3.63, 3.8) is 0 Å². The number of nitrogens with two attached hydrogens (primary N) is 1. The van der Waals surface area contributed by atoms with Gasteiger partial charge in [0, 0.05) is 5.22 Å². The molecule has 1 unspecified atom stereocenters. The molecule has 116 valence electrons. The van der Waals surface area contributed by atoms with Crippen LogP contribution in [0.5, 0.6) is 0 Å². The van der Waals surface area contributed by atoms with Crippen molar-refractivity contribution in [2.45, 2.75) is 6.10 Å². The number of carbonyl (C=O) groups excluding carboxylic acids is 2. The van der Waals surface area contributed by atoms with Crippen molar-refractivity contribution in [1.82, 2.24) is 0 Å². The summed E-state index contributed by atoms with van der Waals surface area (Å²) < 4.78 is 4.80. The van der Waals surface area contributed by atoms with E-state index in [-0.39, 0.29) is 6.10 Å². The Morgan fingerprint density at radius 2 is 1.96 bits per heavy atom. The zero-order chi connectivity index (χ0) is 16.2. The molecular weight excluding hydrogens is 296 g/mol. The van der Waals surface area contributed by atoms with Crippen molar-refractivity contribution in [3.05, 3.63) is 70.2 Å². The highest BCUT2D eigenvalue weighted by Crippen LogP contribution is 2.19. The average molecular weight is 310 g/mol. The number of fused-ring (bicyclic) bond motifs is 1. The number of carbonyl (C=O) groups is 2. The molecule has 6 heteroatoms. The van der Waals surface area contributed by atoms with Gasteiger partial charge in [-0.05, 0) is 29.8 Å². The fourth-order valence-corrected chi connectivity index (χ4v) is 2.23. The summed E-state index contributed by atoms with van der Waals surface area (Å²) in [6.07, 6.45) is 1.56. The SMILES string of the molecule is NC(=O)COC(=O)c1ccc2c(c1)=CC(c1ccccc1)ON=2. The van der Waals surface area contributed by atoms with Crippen LogP contribution < -0.4 is 16.3 Å². The maximum Gasteiger partial charge on any atom is 0.338 e. The van der Waals surface area contributed by atoms with Crippen LogP contribution in [0.15, 0.2) is 53.7 Å². The van der Waals surface area contributed by atoms with Crippen LogP contribution in [0, 0.1) is 0 Å². The van der Waals surface area contributed by atoms with Crippen LogP contribution in [0.4, 0.5) is 0 Å². The number of nitrogens with zero attached hydrogens (tertiary/aromatic N) is 1. The molecule has 2 aromatic carbocycles. The molecule has 1 aliphatic heterocycles. The highest BCUT2D eigenvalue weighted by molar-refractivity contribution is 5.91. The number of amides is 1. The Labute approximate surface area is 131 Å². The molecule has 0 radical (unpaired) electrons. The van der Waals surface area contributed by atoms with Gasteiger partial charge in [-0.2, -0.15) is 0 Å². The van der Waals surface area contributed by atoms with Gasteiger partial charge in [-0.15, -0.1) is 0 Å². The summed E-state index contributed by atoms with van der Waals surface area (Å²) in [6, 6.07) is 14.5. The predicted octanol–water partition coefficient (Wildman–Crippen LogP) is 0.415. The molecule has 0 aromatic heterocycles. The fourth-order valence-electron chi connectivity index (χ4n) is 2.23. The van der Waals surface area contributed by atoms with Crippen molar-refractivity contribution in [3.8, 4) is 0 Å². The lowest BCUT2D eigenvalue weighted by atomic mass is 10.1. The first-order valence-corrected chi connectivity index (χ1v) is 6.99. The van der Waals surface area contributed by atoms with E-state index >= 15 is 0 Å². The number of primary amides is 1. The Balaban J connectivity index is 1.90. The van der Waals surface area contributed by atoms with Gasteiger partial charge in [-0.3, -0.25) is 4.79 Å². The first-order chi connectivity index (χ1) is 11.1. The molecule has 1 aliphatic rings. The molecule has 0 fully saturated rings. The number of benzene rings is 2. The van der Waals surface area contributed by atoms with Crippen LogP contribution in [0.3, 0.4) is 0 Å². The molecule has 0 saturated heterocycles. The van der Waals surface area contributed by atoms with Crippen LogP contribution in [0.2, 0.25) is 0 Å². The number of ether oxygens (including phenoxy) is 1. The molecule has 1 atom stereocenters. The molecule has 0 bridgehead atoms. The Morgan fingerprint density at radius 1 is 1.17 bits per heavy atom. The molecule has 2 N–H and O–H groups in total. The summed E-state index contributed by atoms with van der Waals surface area (Å²) in [4.78, 5) is 28.0. The number of esters is 1. The van der Waals surface area contributed by atoms with Gasteiger partial charge in [-0.1, -0.05) is 35.5 Å². The van der Waals surface area contributed by atoms with E-state index in [1.165, 1.54) is 0 Å². The van der Waals surface area contributed by atoms with Crippen LogP contribution in [0.1, 0.15) is 22.0 Å². The normalized spacial score (nSPS) is 15.4. The summed E-state index contributed by atoms with van der Waals surface area (Å²) in [5.74, 6) is -1.31. The average Bonchev–Trinajstić information content (AvgIpc) is 2.59. The Morgan fingerprint density at radius 3 is 2.70 bits per heavy atom. The van der Waals surface area contributed by atoms with E-state index in [2.05, 4.69) is 5.16 Å². The summed E-state index contributed by atoms with van der Waals surface area (Å²) in [7, 11) is 0. The Kier molecular flexibility index (Phi) is 4.05. The first-order valence-electron chi connectivity index (χ1n) is 6.99. The van der Waals surface area contributed by atoms with E-state index in [4.69, 9.17) is 15.3 Å². The van der Waals surface area contributed by atoms with Crippen LogP contribution >= 0.6 is 0 Å². The Bertz CT molecular complexity index is 862.